The summed E-state index contributed by atoms with van der Waals surface area (Å²) in [4.78, 5) is 0. The predicted octanol–water partition coefficient (Wildman–Crippen LogP) is 3.41. The number of rotatable bonds is 7. The number of aliphatic hydroxyl groups is 1. The van der Waals surface area contributed by atoms with Gasteiger partial charge in [0.25, 0.3) is 0 Å². The second-order valence-corrected chi connectivity index (χ2v) is 5.34. The van der Waals surface area contributed by atoms with E-state index in [4.69, 9.17) is 9.47 Å². The third-order valence-corrected chi connectivity index (χ3v) is 4.04. The van der Waals surface area contributed by atoms with E-state index < -0.39 is 0 Å². The standard InChI is InChI=1S/C16H24O3/c1-2-18-14-7-3-4-8-15(14)19-12-11-16(13-17)9-5-6-10-16/h3-4,7-8,17H,2,5-6,9-13H2,1H3. The van der Waals surface area contributed by atoms with E-state index in [1.165, 1.54) is 12.8 Å². The first-order valence-corrected chi connectivity index (χ1v) is 7.25. The number of ether oxygens (including phenoxy) is 2. The zero-order valence-electron chi connectivity index (χ0n) is 11.7. The zero-order chi connectivity index (χ0) is 13.6. The maximum absolute atomic E-state index is 9.57. The van der Waals surface area contributed by atoms with Gasteiger partial charge in [-0.2, -0.15) is 0 Å². The summed E-state index contributed by atoms with van der Waals surface area (Å²) in [6, 6.07) is 7.76. The minimum Gasteiger partial charge on any atom is -0.490 e. The summed E-state index contributed by atoms with van der Waals surface area (Å²) in [5.74, 6) is 1.60. The molecular formula is C16H24O3. The number of hydrogen-bond donors (Lipinski definition) is 1. The third kappa shape index (κ3) is 3.63. The van der Waals surface area contributed by atoms with Gasteiger partial charge in [0.1, 0.15) is 0 Å². The summed E-state index contributed by atoms with van der Waals surface area (Å²) in [6.07, 6.45) is 5.63. The molecule has 0 heterocycles. The van der Waals surface area contributed by atoms with Crippen molar-refractivity contribution in [3.63, 3.8) is 0 Å². The van der Waals surface area contributed by atoms with E-state index in [1.807, 2.05) is 31.2 Å². The van der Waals surface area contributed by atoms with Crippen molar-refractivity contribution in [3.05, 3.63) is 24.3 Å². The Morgan fingerprint density at radius 1 is 1.11 bits per heavy atom. The minimum absolute atomic E-state index is 0.0978. The topological polar surface area (TPSA) is 38.7 Å². The quantitative estimate of drug-likeness (QED) is 0.820. The van der Waals surface area contributed by atoms with Crippen molar-refractivity contribution in [2.45, 2.75) is 39.0 Å². The molecule has 106 valence electrons. The Kier molecular flexibility index (Phi) is 5.08. The first-order valence-electron chi connectivity index (χ1n) is 7.25. The van der Waals surface area contributed by atoms with Crippen LogP contribution in [-0.4, -0.2) is 24.9 Å². The highest BCUT2D eigenvalue weighted by Gasteiger charge is 2.32. The lowest BCUT2D eigenvalue weighted by molar-refractivity contribution is 0.100. The molecule has 0 aromatic heterocycles. The van der Waals surface area contributed by atoms with Crippen molar-refractivity contribution in [1.82, 2.24) is 0 Å². The van der Waals surface area contributed by atoms with Gasteiger partial charge < -0.3 is 14.6 Å². The monoisotopic (exact) mass is 264 g/mol. The molecule has 1 aromatic rings. The highest BCUT2D eigenvalue weighted by atomic mass is 16.5. The fourth-order valence-electron chi connectivity index (χ4n) is 2.83. The molecule has 0 saturated heterocycles. The van der Waals surface area contributed by atoms with Crippen molar-refractivity contribution in [3.8, 4) is 11.5 Å². The molecule has 0 bridgehead atoms. The van der Waals surface area contributed by atoms with Gasteiger partial charge in [-0.1, -0.05) is 25.0 Å². The van der Waals surface area contributed by atoms with Crippen LogP contribution in [0, 0.1) is 5.41 Å². The van der Waals surface area contributed by atoms with E-state index in [0.29, 0.717) is 13.2 Å². The molecule has 19 heavy (non-hydrogen) atoms. The fourth-order valence-corrected chi connectivity index (χ4v) is 2.83. The van der Waals surface area contributed by atoms with Gasteiger partial charge in [0.2, 0.25) is 0 Å². The van der Waals surface area contributed by atoms with Gasteiger partial charge >= 0.3 is 0 Å². The molecular weight excluding hydrogens is 240 g/mol. The molecule has 1 aliphatic rings. The maximum atomic E-state index is 9.57. The van der Waals surface area contributed by atoms with Crippen LogP contribution in [-0.2, 0) is 0 Å². The van der Waals surface area contributed by atoms with E-state index >= 15 is 0 Å². The number of para-hydroxylation sites is 2. The number of benzene rings is 1. The molecule has 1 aliphatic carbocycles. The van der Waals surface area contributed by atoms with Gasteiger partial charge in [-0.25, -0.2) is 0 Å². The average Bonchev–Trinajstić information content (AvgIpc) is 2.90. The largest absolute Gasteiger partial charge is 0.490 e. The van der Waals surface area contributed by atoms with Crippen molar-refractivity contribution < 1.29 is 14.6 Å². The minimum atomic E-state index is 0.0978. The SMILES string of the molecule is CCOc1ccccc1OCCC1(CO)CCCC1. The molecule has 1 N–H and O–H groups in total. The first kappa shape index (κ1) is 14.2. The van der Waals surface area contributed by atoms with E-state index in [-0.39, 0.29) is 12.0 Å². The molecule has 0 unspecified atom stereocenters. The maximum Gasteiger partial charge on any atom is 0.161 e. The Morgan fingerprint density at radius 2 is 1.74 bits per heavy atom. The van der Waals surface area contributed by atoms with Gasteiger partial charge in [0.15, 0.2) is 11.5 Å². The highest BCUT2D eigenvalue weighted by Crippen LogP contribution is 2.40. The number of aliphatic hydroxyl groups excluding tert-OH is 1. The first-order chi connectivity index (χ1) is 9.29. The van der Waals surface area contributed by atoms with Crippen LogP contribution in [0.15, 0.2) is 24.3 Å². The molecule has 3 nitrogen and oxygen atoms in total. The average molecular weight is 264 g/mol. The molecule has 0 amide bonds. The smallest absolute Gasteiger partial charge is 0.161 e. The molecule has 1 saturated carbocycles. The summed E-state index contributed by atoms with van der Waals surface area (Å²) in [5, 5.41) is 9.57. The molecule has 1 aromatic carbocycles. The van der Waals surface area contributed by atoms with Gasteiger partial charge in [-0.3, -0.25) is 0 Å². The van der Waals surface area contributed by atoms with E-state index in [2.05, 4.69) is 0 Å². The van der Waals surface area contributed by atoms with Crippen LogP contribution in [0.1, 0.15) is 39.0 Å². The van der Waals surface area contributed by atoms with Gasteiger partial charge in [0.05, 0.1) is 13.2 Å². The van der Waals surface area contributed by atoms with Gasteiger partial charge in [-0.05, 0) is 43.7 Å². The summed E-state index contributed by atoms with van der Waals surface area (Å²) >= 11 is 0. The Morgan fingerprint density at radius 3 is 2.32 bits per heavy atom. The summed E-state index contributed by atoms with van der Waals surface area (Å²) in [6.45, 7) is 3.53. The zero-order valence-corrected chi connectivity index (χ0v) is 11.7. The van der Waals surface area contributed by atoms with Crippen molar-refractivity contribution in [1.29, 1.82) is 0 Å². The van der Waals surface area contributed by atoms with Gasteiger partial charge in [-0.15, -0.1) is 0 Å². The van der Waals surface area contributed by atoms with E-state index in [9.17, 15) is 5.11 Å². The molecule has 0 aliphatic heterocycles. The highest BCUT2D eigenvalue weighted by molar-refractivity contribution is 5.39. The lowest BCUT2D eigenvalue weighted by Gasteiger charge is -2.26. The van der Waals surface area contributed by atoms with Crippen molar-refractivity contribution in [2.24, 2.45) is 5.41 Å². The molecule has 3 heteroatoms. The second-order valence-electron chi connectivity index (χ2n) is 5.34. The Balaban J connectivity index is 1.88. The predicted molar refractivity (Wildman–Crippen MR) is 75.7 cm³/mol. The lowest BCUT2D eigenvalue weighted by atomic mass is 9.84. The lowest BCUT2D eigenvalue weighted by Crippen LogP contribution is -2.24. The summed E-state index contributed by atoms with van der Waals surface area (Å²) in [7, 11) is 0. The fraction of sp³-hybridized carbons (Fsp3) is 0.625. The van der Waals surface area contributed by atoms with Crippen LogP contribution in [0.25, 0.3) is 0 Å². The summed E-state index contributed by atoms with van der Waals surface area (Å²) in [5.41, 5.74) is 0.0978. The van der Waals surface area contributed by atoms with Crippen LogP contribution in [0.4, 0.5) is 0 Å². The molecule has 0 atom stereocenters. The molecule has 1 fully saturated rings. The van der Waals surface area contributed by atoms with Crippen LogP contribution >= 0.6 is 0 Å². The van der Waals surface area contributed by atoms with Crippen LogP contribution in [0.2, 0.25) is 0 Å². The summed E-state index contributed by atoms with van der Waals surface area (Å²) < 4.78 is 11.4. The van der Waals surface area contributed by atoms with Crippen LogP contribution in [0.5, 0.6) is 11.5 Å². The number of hydrogen-bond acceptors (Lipinski definition) is 3. The van der Waals surface area contributed by atoms with E-state index in [1.54, 1.807) is 0 Å². The molecule has 0 spiro atoms. The molecule has 0 radical (unpaired) electrons. The Bertz CT molecular complexity index is 383. The van der Waals surface area contributed by atoms with Crippen molar-refractivity contribution in [2.75, 3.05) is 19.8 Å². The third-order valence-electron chi connectivity index (χ3n) is 4.04. The van der Waals surface area contributed by atoms with Crippen molar-refractivity contribution >= 4 is 0 Å². The van der Waals surface area contributed by atoms with Crippen LogP contribution in [0.3, 0.4) is 0 Å². The van der Waals surface area contributed by atoms with E-state index in [0.717, 1.165) is 30.8 Å². The molecule has 2 rings (SSSR count). The second kappa shape index (κ2) is 6.80. The Hall–Kier alpha value is -1.22. The Labute approximate surface area is 115 Å². The van der Waals surface area contributed by atoms with Gasteiger partial charge in [0, 0.05) is 6.61 Å². The normalized spacial score (nSPS) is 17.4. The van der Waals surface area contributed by atoms with Crippen LogP contribution < -0.4 is 9.47 Å².